The van der Waals surface area contributed by atoms with Gasteiger partial charge in [-0.05, 0) is 12.1 Å². The van der Waals surface area contributed by atoms with E-state index >= 15 is 0 Å². The lowest BCUT2D eigenvalue weighted by molar-refractivity contribution is -0.118. The van der Waals surface area contributed by atoms with E-state index in [1.165, 1.54) is 28.3 Å². The molecule has 0 spiro atoms. The third-order valence-corrected chi connectivity index (χ3v) is 2.73. The molecule has 0 aliphatic rings. The zero-order chi connectivity index (χ0) is 15.8. The van der Waals surface area contributed by atoms with Gasteiger partial charge in [0, 0.05) is 20.0 Å². The quantitative estimate of drug-likeness (QED) is 0.719. The normalized spacial score (nSPS) is 9.71. The maximum atomic E-state index is 12.1. The lowest BCUT2D eigenvalue weighted by Crippen LogP contribution is -2.33. The number of ether oxygens (including phenoxy) is 3. The first-order valence-corrected chi connectivity index (χ1v) is 6.36. The van der Waals surface area contributed by atoms with E-state index in [2.05, 4.69) is 10.6 Å². The van der Waals surface area contributed by atoms with Gasteiger partial charge >= 0.3 is 0 Å². The van der Waals surface area contributed by atoms with Crippen LogP contribution in [0.1, 0.15) is 17.3 Å². The smallest absolute Gasteiger partial charge is 0.255 e. The Morgan fingerprint density at radius 3 is 2.10 bits per heavy atom. The molecule has 1 aromatic rings. The minimum absolute atomic E-state index is 0.145. The van der Waals surface area contributed by atoms with Gasteiger partial charge in [0.25, 0.3) is 5.91 Å². The van der Waals surface area contributed by atoms with Crippen molar-refractivity contribution in [3.8, 4) is 17.2 Å². The zero-order valence-electron chi connectivity index (χ0n) is 12.6. The van der Waals surface area contributed by atoms with Crippen LogP contribution in [0, 0.1) is 0 Å². The Kier molecular flexibility index (Phi) is 6.32. The van der Waals surface area contributed by atoms with Crippen molar-refractivity contribution in [2.45, 2.75) is 6.92 Å². The maximum absolute atomic E-state index is 12.1. The molecule has 1 rings (SSSR count). The highest BCUT2D eigenvalue weighted by molar-refractivity contribution is 5.98. The van der Waals surface area contributed by atoms with Crippen molar-refractivity contribution >= 4 is 11.8 Å². The second kappa shape index (κ2) is 7.98. The summed E-state index contributed by atoms with van der Waals surface area (Å²) in [5.74, 6) is 0.665. The third kappa shape index (κ3) is 4.27. The molecule has 0 radical (unpaired) electrons. The summed E-state index contributed by atoms with van der Waals surface area (Å²) < 4.78 is 15.6. The molecule has 0 aliphatic carbocycles. The van der Waals surface area contributed by atoms with E-state index in [4.69, 9.17) is 14.2 Å². The Morgan fingerprint density at radius 1 is 0.952 bits per heavy atom. The number of methoxy groups -OCH3 is 3. The highest BCUT2D eigenvalue weighted by Crippen LogP contribution is 2.39. The summed E-state index contributed by atoms with van der Waals surface area (Å²) in [5, 5.41) is 5.28. The third-order valence-electron chi connectivity index (χ3n) is 2.73. The molecule has 7 nitrogen and oxygen atoms in total. The summed E-state index contributed by atoms with van der Waals surface area (Å²) in [5.41, 5.74) is 0.331. The van der Waals surface area contributed by atoms with Crippen LogP contribution in [0.4, 0.5) is 0 Å². The van der Waals surface area contributed by atoms with Crippen molar-refractivity contribution < 1.29 is 23.8 Å². The summed E-state index contributed by atoms with van der Waals surface area (Å²) in [6.45, 7) is 2.09. The summed E-state index contributed by atoms with van der Waals surface area (Å²) in [6, 6.07) is 3.22. The Bertz CT molecular complexity index is 516. The fraction of sp³-hybridized carbons (Fsp3) is 0.429. The number of hydrogen-bond acceptors (Lipinski definition) is 5. The SMILES string of the molecule is COc1ccc(C(=O)NCCNC(C)=O)c(OC)c1OC. The van der Waals surface area contributed by atoms with Gasteiger partial charge in [0.2, 0.25) is 11.7 Å². The molecular formula is C14H20N2O5. The average Bonchev–Trinajstić information content (AvgIpc) is 2.49. The number of amides is 2. The van der Waals surface area contributed by atoms with Gasteiger partial charge in [-0.15, -0.1) is 0 Å². The molecule has 0 bridgehead atoms. The molecule has 0 atom stereocenters. The van der Waals surface area contributed by atoms with Crippen LogP contribution >= 0.6 is 0 Å². The Labute approximate surface area is 123 Å². The average molecular weight is 296 g/mol. The molecule has 2 N–H and O–H groups in total. The first kappa shape index (κ1) is 16.6. The largest absolute Gasteiger partial charge is 0.493 e. The lowest BCUT2D eigenvalue weighted by Gasteiger charge is -2.15. The molecule has 21 heavy (non-hydrogen) atoms. The van der Waals surface area contributed by atoms with Gasteiger partial charge in [-0.25, -0.2) is 0 Å². The molecule has 2 amide bonds. The molecule has 0 fully saturated rings. The second-order valence-corrected chi connectivity index (χ2v) is 4.12. The van der Waals surface area contributed by atoms with Gasteiger partial charge < -0.3 is 24.8 Å². The van der Waals surface area contributed by atoms with Crippen LogP contribution in [0.5, 0.6) is 17.2 Å². The number of hydrogen-bond donors (Lipinski definition) is 2. The second-order valence-electron chi connectivity index (χ2n) is 4.12. The molecule has 1 aromatic carbocycles. The molecular weight excluding hydrogens is 276 g/mol. The van der Waals surface area contributed by atoms with E-state index in [0.717, 1.165) is 0 Å². The Balaban J connectivity index is 2.86. The standard InChI is InChI=1S/C14H20N2O5/c1-9(17)15-7-8-16-14(18)10-5-6-11(19-2)13(21-4)12(10)20-3/h5-6H,7-8H2,1-4H3,(H,15,17)(H,16,18). The molecule has 0 aromatic heterocycles. The number of carbonyl (C=O) groups excluding carboxylic acids is 2. The topological polar surface area (TPSA) is 85.9 Å². The number of carbonyl (C=O) groups is 2. The molecule has 0 saturated heterocycles. The van der Waals surface area contributed by atoms with Gasteiger partial charge in [-0.3, -0.25) is 9.59 Å². The molecule has 0 saturated carbocycles. The predicted molar refractivity (Wildman–Crippen MR) is 77.1 cm³/mol. The molecule has 0 unspecified atom stereocenters. The fourth-order valence-corrected chi connectivity index (χ4v) is 1.79. The summed E-state index contributed by atoms with van der Waals surface area (Å²) in [6.07, 6.45) is 0. The first-order valence-electron chi connectivity index (χ1n) is 6.36. The van der Waals surface area contributed by atoms with Crippen molar-refractivity contribution in [2.24, 2.45) is 0 Å². The zero-order valence-corrected chi connectivity index (χ0v) is 12.6. The van der Waals surface area contributed by atoms with E-state index in [1.54, 1.807) is 12.1 Å². The summed E-state index contributed by atoms with van der Waals surface area (Å²) >= 11 is 0. The number of rotatable bonds is 7. The maximum Gasteiger partial charge on any atom is 0.255 e. The lowest BCUT2D eigenvalue weighted by atomic mass is 10.1. The van der Waals surface area contributed by atoms with E-state index in [9.17, 15) is 9.59 Å². The van der Waals surface area contributed by atoms with Crippen LogP contribution in [0.25, 0.3) is 0 Å². The molecule has 0 heterocycles. The van der Waals surface area contributed by atoms with Crippen LogP contribution in [-0.4, -0.2) is 46.2 Å². The van der Waals surface area contributed by atoms with Gasteiger partial charge in [-0.1, -0.05) is 0 Å². The molecule has 116 valence electrons. The van der Waals surface area contributed by atoms with Crippen molar-refractivity contribution in [1.82, 2.24) is 10.6 Å². The van der Waals surface area contributed by atoms with Crippen LogP contribution in [0.15, 0.2) is 12.1 Å². The molecule has 7 heteroatoms. The van der Waals surface area contributed by atoms with E-state index in [0.29, 0.717) is 35.9 Å². The van der Waals surface area contributed by atoms with Crippen molar-refractivity contribution in [3.63, 3.8) is 0 Å². The number of benzene rings is 1. The van der Waals surface area contributed by atoms with E-state index in [-0.39, 0.29) is 11.8 Å². The molecule has 0 aliphatic heterocycles. The summed E-state index contributed by atoms with van der Waals surface area (Å²) in [7, 11) is 4.43. The van der Waals surface area contributed by atoms with E-state index < -0.39 is 0 Å². The highest BCUT2D eigenvalue weighted by atomic mass is 16.5. The minimum atomic E-state index is -0.321. The highest BCUT2D eigenvalue weighted by Gasteiger charge is 2.20. The van der Waals surface area contributed by atoms with Gasteiger partial charge in [-0.2, -0.15) is 0 Å². The van der Waals surface area contributed by atoms with Gasteiger partial charge in [0.05, 0.1) is 26.9 Å². The number of nitrogens with one attached hydrogen (secondary N) is 2. The van der Waals surface area contributed by atoms with E-state index in [1.807, 2.05) is 0 Å². The van der Waals surface area contributed by atoms with Crippen molar-refractivity contribution in [2.75, 3.05) is 34.4 Å². The van der Waals surface area contributed by atoms with Gasteiger partial charge in [0.15, 0.2) is 11.5 Å². The fourth-order valence-electron chi connectivity index (χ4n) is 1.79. The van der Waals surface area contributed by atoms with Crippen LogP contribution in [0.2, 0.25) is 0 Å². The van der Waals surface area contributed by atoms with Crippen molar-refractivity contribution in [3.05, 3.63) is 17.7 Å². The Morgan fingerprint density at radius 2 is 1.57 bits per heavy atom. The van der Waals surface area contributed by atoms with Gasteiger partial charge in [0.1, 0.15) is 0 Å². The van der Waals surface area contributed by atoms with Crippen LogP contribution < -0.4 is 24.8 Å². The Hall–Kier alpha value is -2.44. The predicted octanol–water partition coefficient (Wildman–Crippen LogP) is 0.578. The van der Waals surface area contributed by atoms with Crippen molar-refractivity contribution in [1.29, 1.82) is 0 Å². The van der Waals surface area contributed by atoms with Crippen LogP contribution in [-0.2, 0) is 4.79 Å². The minimum Gasteiger partial charge on any atom is -0.493 e. The monoisotopic (exact) mass is 296 g/mol. The van der Waals surface area contributed by atoms with Crippen LogP contribution in [0.3, 0.4) is 0 Å². The summed E-state index contributed by atoms with van der Waals surface area (Å²) in [4.78, 5) is 22.9. The first-order chi connectivity index (χ1) is 10.0.